The van der Waals surface area contributed by atoms with Gasteiger partial charge in [0.1, 0.15) is 11.6 Å². The zero-order chi connectivity index (χ0) is 17.6. The van der Waals surface area contributed by atoms with Crippen LogP contribution in [0.2, 0.25) is 0 Å². The van der Waals surface area contributed by atoms with Gasteiger partial charge >= 0.3 is 6.36 Å². The molecule has 0 bridgehead atoms. The quantitative estimate of drug-likeness (QED) is 0.760. The van der Waals surface area contributed by atoms with E-state index in [0.29, 0.717) is 28.3 Å². The number of alkyl halides is 3. The fourth-order valence-corrected chi connectivity index (χ4v) is 2.94. The van der Waals surface area contributed by atoms with Gasteiger partial charge in [0.15, 0.2) is 5.65 Å². The average Bonchev–Trinajstić information content (AvgIpc) is 2.95. The van der Waals surface area contributed by atoms with Gasteiger partial charge in [0, 0.05) is 31.6 Å². The maximum Gasteiger partial charge on any atom is 0.573 e. The number of aromatic nitrogens is 4. The fourth-order valence-electron chi connectivity index (χ4n) is 2.94. The molecule has 1 aliphatic heterocycles. The lowest BCUT2D eigenvalue weighted by atomic mass is 10.2. The predicted octanol–water partition coefficient (Wildman–Crippen LogP) is 1.89. The molecule has 0 radical (unpaired) electrons. The van der Waals surface area contributed by atoms with Crippen LogP contribution >= 0.6 is 0 Å². The molecule has 3 heterocycles. The number of aryl methyl sites for hydroxylation is 1. The molecule has 0 unspecified atom stereocenters. The molecule has 3 aromatic rings. The number of nitrogens with one attached hydrogen (secondary N) is 1. The Labute approximate surface area is 140 Å². The molecule has 10 heteroatoms. The van der Waals surface area contributed by atoms with Gasteiger partial charge in [-0.3, -0.25) is 0 Å². The highest BCUT2D eigenvalue weighted by molar-refractivity contribution is 5.93. The first-order valence-electron chi connectivity index (χ1n) is 7.79. The van der Waals surface area contributed by atoms with Gasteiger partial charge in [-0.1, -0.05) is 0 Å². The van der Waals surface area contributed by atoms with Crippen LogP contribution in [-0.2, 0) is 0 Å². The summed E-state index contributed by atoms with van der Waals surface area (Å²) < 4.78 is 43.0. The number of piperazine rings is 1. The van der Waals surface area contributed by atoms with Gasteiger partial charge in [-0.2, -0.15) is 4.52 Å². The minimum Gasteiger partial charge on any atom is -0.406 e. The number of benzene rings is 1. The van der Waals surface area contributed by atoms with Crippen molar-refractivity contribution >= 4 is 22.5 Å². The Bertz CT molecular complexity index is 932. The molecule has 1 aliphatic rings. The van der Waals surface area contributed by atoms with Crippen LogP contribution in [0.4, 0.5) is 19.1 Å². The number of rotatable bonds is 2. The van der Waals surface area contributed by atoms with Gasteiger partial charge in [-0.05, 0) is 25.1 Å². The van der Waals surface area contributed by atoms with Crippen molar-refractivity contribution in [1.29, 1.82) is 0 Å². The van der Waals surface area contributed by atoms with Gasteiger partial charge < -0.3 is 15.0 Å². The Morgan fingerprint density at radius 2 is 1.92 bits per heavy atom. The predicted molar refractivity (Wildman–Crippen MR) is 84.8 cm³/mol. The third kappa shape index (κ3) is 3.04. The van der Waals surface area contributed by atoms with Crippen LogP contribution in [0.15, 0.2) is 18.2 Å². The van der Waals surface area contributed by atoms with E-state index in [9.17, 15) is 13.2 Å². The second-order valence-corrected chi connectivity index (χ2v) is 5.77. The highest BCUT2D eigenvalue weighted by atomic mass is 19.4. The Kier molecular flexibility index (Phi) is 3.64. The van der Waals surface area contributed by atoms with E-state index >= 15 is 0 Å². The van der Waals surface area contributed by atoms with E-state index < -0.39 is 6.36 Å². The number of nitrogens with zero attached hydrogens (tertiary/aromatic N) is 5. The highest BCUT2D eigenvalue weighted by Gasteiger charge is 2.31. The van der Waals surface area contributed by atoms with E-state index in [-0.39, 0.29) is 5.75 Å². The topological polar surface area (TPSA) is 67.6 Å². The van der Waals surface area contributed by atoms with Gasteiger partial charge in [-0.25, -0.2) is 9.97 Å². The number of ether oxygens (including phenoxy) is 1. The average molecular weight is 352 g/mol. The molecular weight excluding hydrogens is 337 g/mol. The Hall–Kier alpha value is -2.62. The van der Waals surface area contributed by atoms with Crippen molar-refractivity contribution in [3.8, 4) is 5.75 Å². The molecule has 4 rings (SSSR count). The maximum atomic E-state index is 12.5. The summed E-state index contributed by atoms with van der Waals surface area (Å²) in [4.78, 5) is 11.0. The van der Waals surface area contributed by atoms with Crippen LogP contribution < -0.4 is 15.0 Å². The first-order chi connectivity index (χ1) is 11.9. The summed E-state index contributed by atoms with van der Waals surface area (Å²) in [6.45, 7) is 4.92. The van der Waals surface area contributed by atoms with E-state index in [2.05, 4.69) is 30.0 Å². The molecule has 0 spiro atoms. The maximum absolute atomic E-state index is 12.5. The van der Waals surface area contributed by atoms with E-state index in [0.717, 1.165) is 26.2 Å². The van der Waals surface area contributed by atoms with Crippen molar-refractivity contribution < 1.29 is 17.9 Å². The minimum atomic E-state index is -4.75. The van der Waals surface area contributed by atoms with Crippen molar-refractivity contribution in [3.05, 3.63) is 24.0 Å². The first kappa shape index (κ1) is 15.9. The standard InChI is InChI=1S/C15H15F3N6O/c1-9-20-13-11-8-10(25-15(16,17)18)2-3-12(11)21-14(24(13)22-9)23-6-4-19-5-7-23/h2-3,8,19H,4-7H2,1H3. The minimum absolute atomic E-state index is 0.306. The van der Waals surface area contributed by atoms with E-state index in [1.54, 1.807) is 11.4 Å². The molecule has 0 saturated carbocycles. The Balaban J connectivity index is 1.89. The summed E-state index contributed by atoms with van der Waals surface area (Å²) in [7, 11) is 0. The van der Waals surface area contributed by atoms with Crippen molar-refractivity contribution in [2.75, 3.05) is 31.1 Å². The monoisotopic (exact) mass is 352 g/mol. The smallest absolute Gasteiger partial charge is 0.406 e. The summed E-state index contributed by atoms with van der Waals surface area (Å²) in [5.74, 6) is 0.848. The number of hydrogen-bond donors (Lipinski definition) is 1. The zero-order valence-corrected chi connectivity index (χ0v) is 13.3. The molecule has 7 nitrogen and oxygen atoms in total. The number of anilines is 1. The normalized spacial score (nSPS) is 15.9. The Morgan fingerprint density at radius 3 is 2.64 bits per heavy atom. The first-order valence-corrected chi connectivity index (χ1v) is 7.79. The lowest BCUT2D eigenvalue weighted by Crippen LogP contribution is -2.44. The molecule has 1 N–H and O–H groups in total. The van der Waals surface area contributed by atoms with Crippen molar-refractivity contribution in [2.45, 2.75) is 13.3 Å². The fraction of sp³-hybridized carbons (Fsp3) is 0.400. The number of fused-ring (bicyclic) bond motifs is 3. The number of halogens is 3. The number of hydrogen-bond acceptors (Lipinski definition) is 6. The largest absolute Gasteiger partial charge is 0.573 e. The van der Waals surface area contributed by atoms with Crippen molar-refractivity contribution in [2.24, 2.45) is 0 Å². The van der Waals surface area contributed by atoms with Crippen LogP contribution in [0.25, 0.3) is 16.6 Å². The van der Waals surface area contributed by atoms with Crippen molar-refractivity contribution in [3.63, 3.8) is 0 Å². The highest BCUT2D eigenvalue weighted by Crippen LogP contribution is 2.29. The van der Waals surface area contributed by atoms with Gasteiger partial charge in [0.25, 0.3) is 0 Å². The zero-order valence-electron chi connectivity index (χ0n) is 13.3. The molecule has 1 fully saturated rings. The molecule has 0 atom stereocenters. The summed E-state index contributed by atoms with van der Waals surface area (Å²) in [6.07, 6.45) is -4.75. The summed E-state index contributed by atoms with van der Waals surface area (Å²) in [5.41, 5.74) is 1.01. The summed E-state index contributed by atoms with van der Waals surface area (Å²) in [5, 5.41) is 8.09. The summed E-state index contributed by atoms with van der Waals surface area (Å²) in [6, 6.07) is 4.05. The van der Waals surface area contributed by atoms with Crippen LogP contribution in [0, 0.1) is 6.92 Å². The van der Waals surface area contributed by atoms with Gasteiger partial charge in [0.05, 0.1) is 5.52 Å². The Morgan fingerprint density at radius 1 is 1.16 bits per heavy atom. The van der Waals surface area contributed by atoms with E-state index in [4.69, 9.17) is 0 Å². The molecule has 0 amide bonds. The molecule has 132 valence electrons. The van der Waals surface area contributed by atoms with Crippen molar-refractivity contribution in [1.82, 2.24) is 24.9 Å². The third-order valence-corrected chi connectivity index (χ3v) is 3.97. The second kappa shape index (κ2) is 5.73. The SMILES string of the molecule is Cc1nc2c3cc(OC(F)(F)F)ccc3nc(N3CCNCC3)n2n1. The molecular formula is C15H15F3N6O. The van der Waals surface area contributed by atoms with Crippen LogP contribution in [0.3, 0.4) is 0 Å². The lowest BCUT2D eigenvalue weighted by Gasteiger charge is -2.28. The van der Waals surface area contributed by atoms with E-state index in [1.165, 1.54) is 18.2 Å². The van der Waals surface area contributed by atoms with E-state index in [1.807, 2.05) is 0 Å². The summed E-state index contributed by atoms with van der Waals surface area (Å²) >= 11 is 0. The van der Waals surface area contributed by atoms with Gasteiger partial charge in [0.2, 0.25) is 5.95 Å². The van der Waals surface area contributed by atoms with Gasteiger partial charge in [-0.15, -0.1) is 18.3 Å². The lowest BCUT2D eigenvalue weighted by molar-refractivity contribution is -0.274. The molecule has 0 aliphatic carbocycles. The van der Waals surface area contributed by atoms with Crippen LogP contribution in [0.1, 0.15) is 5.82 Å². The van der Waals surface area contributed by atoms with Crippen LogP contribution in [0.5, 0.6) is 5.75 Å². The molecule has 25 heavy (non-hydrogen) atoms. The molecule has 1 aromatic carbocycles. The third-order valence-electron chi connectivity index (χ3n) is 3.97. The second-order valence-electron chi connectivity index (χ2n) is 5.77. The molecule has 1 saturated heterocycles. The molecule has 2 aromatic heterocycles. The van der Waals surface area contributed by atoms with Crippen LogP contribution in [-0.4, -0.2) is 52.1 Å².